The van der Waals surface area contributed by atoms with Gasteiger partial charge in [-0.2, -0.15) is 0 Å². The van der Waals surface area contributed by atoms with E-state index in [0.717, 1.165) is 43.3 Å². The minimum absolute atomic E-state index is 0.0799. The van der Waals surface area contributed by atoms with E-state index in [1.54, 1.807) is 12.1 Å². The summed E-state index contributed by atoms with van der Waals surface area (Å²) in [6.45, 7) is 5.52. The molecule has 3 rings (SSSR count). The van der Waals surface area contributed by atoms with Gasteiger partial charge >= 0.3 is 0 Å². The Labute approximate surface area is 168 Å². The summed E-state index contributed by atoms with van der Waals surface area (Å²) in [5.74, 6) is 1.69. The number of ether oxygens (including phenoxy) is 2. The Hall–Kier alpha value is -1.06. The van der Waals surface area contributed by atoms with E-state index >= 15 is 0 Å². The first kappa shape index (κ1) is 20.7. The lowest BCUT2D eigenvalue weighted by Crippen LogP contribution is -2.23. The molecule has 0 heterocycles. The quantitative estimate of drug-likeness (QED) is 0.493. The molecule has 0 spiro atoms. The topological polar surface area (TPSA) is 18.5 Å². The molecule has 0 bridgehead atoms. The fourth-order valence-electron chi connectivity index (χ4n) is 4.33. The first-order valence-corrected chi connectivity index (χ1v) is 10.9. The van der Waals surface area contributed by atoms with Crippen molar-refractivity contribution in [2.75, 3.05) is 13.2 Å². The molecule has 2 aliphatic carbocycles. The van der Waals surface area contributed by atoms with Gasteiger partial charge in [-0.25, -0.2) is 4.39 Å². The summed E-state index contributed by atoms with van der Waals surface area (Å²) in [6.07, 6.45) is 11.7. The zero-order chi connectivity index (χ0) is 19.2. The minimum Gasteiger partial charge on any atom is -0.492 e. The summed E-state index contributed by atoms with van der Waals surface area (Å²) in [7, 11) is 0. The van der Waals surface area contributed by atoms with E-state index in [4.69, 9.17) is 21.1 Å². The molecule has 1 fully saturated rings. The summed E-state index contributed by atoms with van der Waals surface area (Å²) in [4.78, 5) is 0. The largest absolute Gasteiger partial charge is 0.492 e. The van der Waals surface area contributed by atoms with E-state index in [9.17, 15) is 4.39 Å². The van der Waals surface area contributed by atoms with Crippen LogP contribution in [0.1, 0.15) is 70.8 Å². The van der Waals surface area contributed by atoms with Gasteiger partial charge in [-0.3, -0.25) is 0 Å². The standard InChI is InChI=1S/C23H32ClFO2/c1-3-16-5-7-17(8-6-16)15-27-19-11-9-18(10-12-19)20-13-14-21(26-4-2)22(24)23(20)25/h9,13-14,16-17,19H,3-8,10-12,15H2,1-2H3. The molecule has 27 heavy (non-hydrogen) atoms. The lowest BCUT2D eigenvalue weighted by molar-refractivity contribution is 0.0133. The van der Waals surface area contributed by atoms with Crippen molar-refractivity contribution in [1.82, 2.24) is 0 Å². The average Bonchev–Trinajstić information content (AvgIpc) is 2.71. The molecule has 1 unspecified atom stereocenters. The van der Waals surface area contributed by atoms with Gasteiger partial charge in [0.15, 0.2) is 5.82 Å². The van der Waals surface area contributed by atoms with E-state index < -0.39 is 0 Å². The van der Waals surface area contributed by atoms with Gasteiger partial charge in [0.1, 0.15) is 10.8 Å². The van der Waals surface area contributed by atoms with Crippen LogP contribution in [0, 0.1) is 17.7 Å². The SMILES string of the molecule is CCOc1ccc(C2=CCC(OCC3CCC(CC)CC3)CC2)c(F)c1Cl. The van der Waals surface area contributed by atoms with Crippen molar-refractivity contribution >= 4 is 17.2 Å². The fraction of sp³-hybridized carbons (Fsp3) is 0.652. The zero-order valence-electron chi connectivity index (χ0n) is 16.6. The lowest BCUT2D eigenvalue weighted by Gasteiger charge is -2.30. The molecular weight excluding hydrogens is 363 g/mol. The third-order valence-corrected chi connectivity index (χ3v) is 6.52. The predicted octanol–water partition coefficient (Wildman–Crippen LogP) is 7.05. The van der Waals surface area contributed by atoms with Crippen LogP contribution in [-0.4, -0.2) is 19.3 Å². The van der Waals surface area contributed by atoms with Crippen LogP contribution in [0.15, 0.2) is 18.2 Å². The molecule has 2 nitrogen and oxygen atoms in total. The summed E-state index contributed by atoms with van der Waals surface area (Å²) in [5, 5.41) is 0.0799. The van der Waals surface area contributed by atoms with Crippen LogP contribution < -0.4 is 4.74 Å². The third kappa shape index (κ3) is 5.26. The Kier molecular flexibility index (Phi) is 7.60. The Morgan fingerprint density at radius 3 is 2.44 bits per heavy atom. The normalized spacial score (nSPS) is 25.9. The molecule has 150 valence electrons. The highest BCUT2D eigenvalue weighted by molar-refractivity contribution is 6.32. The number of hydrogen-bond acceptors (Lipinski definition) is 2. The van der Waals surface area contributed by atoms with E-state index in [-0.39, 0.29) is 16.9 Å². The number of benzene rings is 1. The van der Waals surface area contributed by atoms with Crippen LogP contribution in [-0.2, 0) is 4.74 Å². The highest BCUT2D eigenvalue weighted by Gasteiger charge is 2.23. The maximum Gasteiger partial charge on any atom is 0.153 e. The fourth-order valence-corrected chi connectivity index (χ4v) is 4.55. The Balaban J connectivity index is 1.52. The molecule has 4 heteroatoms. The summed E-state index contributed by atoms with van der Waals surface area (Å²) in [5.41, 5.74) is 1.63. The Morgan fingerprint density at radius 1 is 1.07 bits per heavy atom. The van der Waals surface area contributed by atoms with Crippen molar-refractivity contribution in [1.29, 1.82) is 0 Å². The van der Waals surface area contributed by atoms with Crippen molar-refractivity contribution in [3.63, 3.8) is 0 Å². The second kappa shape index (κ2) is 9.93. The highest BCUT2D eigenvalue weighted by atomic mass is 35.5. The summed E-state index contributed by atoms with van der Waals surface area (Å²) < 4.78 is 26.2. The van der Waals surface area contributed by atoms with Crippen LogP contribution in [0.4, 0.5) is 4.39 Å². The maximum absolute atomic E-state index is 14.6. The van der Waals surface area contributed by atoms with Gasteiger partial charge < -0.3 is 9.47 Å². The molecule has 2 aliphatic rings. The molecule has 0 saturated heterocycles. The van der Waals surface area contributed by atoms with Crippen LogP contribution >= 0.6 is 11.6 Å². The molecule has 0 N–H and O–H groups in total. The predicted molar refractivity (Wildman–Crippen MR) is 110 cm³/mol. The van der Waals surface area contributed by atoms with Gasteiger partial charge in [-0.1, -0.05) is 43.9 Å². The van der Waals surface area contributed by atoms with Crippen molar-refractivity contribution < 1.29 is 13.9 Å². The third-order valence-electron chi connectivity index (χ3n) is 6.17. The van der Waals surface area contributed by atoms with E-state index in [2.05, 4.69) is 13.0 Å². The van der Waals surface area contributed by atoms with Gasteiger partial charge in [0.2, 0.25) is 0 Å². The van der Waals surface area contributed by atoms with E-state index in [0.29, 0.717) is 17.9 Å². The average molecular weight is 395 g/mol. The van der Waals surface area contributed by atoms with Gasteiger partial charge in [-0.15, -0.1) is 0 Å². The van der Waals surface area contributed by atoms with Gasteiger partial charge in [0.05, 0.1) is 12.7 Å². The Morgan fingerprint density at radius 2 is 1.81 bits per heavy atom. The van der Waals surface area contributed by atoms with E-state index in [1.807, 2.05) is 6.92 Å². The first-order valence-electron chi connectivity index (χ1n) is 10.5. The summed E-state index contributed by atoms with van der Waals surface area (Å²) >= 11 is 6.13. The lowest BCUT2D eigenvalue weighted by atomic mass is 9.81. The van der Waals surface area contributed by atoms with Crippen LogP contribution in [0.25, 0.3) is 5.57 Å². The molecular formula is C23H32ClFO2. The minimum atomic E-state index is -0.374. The van der Waals surface area contributed by atoms with Crippen LogP contribution in [0.5, 0.6) is 5.75 Å². The number of hydrogen-bond donors (Lipinski definition) is 0. The molecule has 1 aromatic carbocycles. The zero-order valence-corrected chi connectivity index (χ0v) is 17.4. The maximum atomic E-state index is 14.6. The second-order valence-electron chi connectivity index (χ2n) is 7.93. The van der Waals surface area contributed by atoms with Crippen molar-refractivity contribution in [2.24, 2.45) is 11.8 Å². The van der Waals surface area contributed by atoms with Gasteiger partial charge in [0, 0.05) is 12.2 Å². The first-order chi connectivity index (χ1) is 13.1. The molecule has 1 atom stereocenters. The number of halogens is 2. The van der Waals surface area contributed by atoms with Gasteiger partial charge in [-0.05, 0) is 68.6 Å². The molecule has 1 saturated carbocycles. The smallest absolute Gasteiger partial charge is 0.153 e. The monoisotopic (exact) mass is 394 g/mol. The highest BCUT2D eigenvalue weighted by Crippen LogP contribution is 2.37. The molecule has 0 aromatic heterocycles. The van der Waals surface area contributed by atoms with Crippen LogP contribution in [0.2, 0.25) is 5.02 Å². The van der Waals surface area contributed by atoms with E-state index in [1.165, 1.54) is 32.1 Å². The number of rotatable bonds is 7. The molecule has 0 amide bonds. The molecule has 0 aliphatic heterocycles. The van der Waals surface area contributed by atoms with Crippen molar-refractivity contribution in [3.8, 4) is 5.75 Å². The van der Waals surface area contributed by atoms with Crippen molar-refractivity contribution in [2.45, 2.75) is 71.3 Å². The Bertz CT molecular complexity index is 650. The second-order valence-corrected chi connectivity index (χ2v) is 8.30. The van der Waals surface area contributed by atoms with Crippen molar-refractivity contribution in [3.05, 3.63) is 34.6 Å². The molecule has 1 aromatic rings. The van der Waals surface area contributed by atoms with Gasteiger partial charge in [0.25, 0.3) is 0 Å². The number of allylic oxidation sites excluding steroid dienone is 1. The summed E-state index contributed by atoms with van der Waals surface area (Å²) in [6, 6.07) is 3.55. The van der Waals surface area contributed by atoms with Crippen LogP contribution in [0.3, 0.4) is 0 Å². The molecule has 0 radical (unpaired) electrons.